The number of nitrogens with two attached hydrogens (primary N) is 1. The number of aryl methyl sites for hydroxylation is 2. The van der Waals surface area contributed by atoms with Gasteiger partial charge in [-0.3, -0.25) is 4.68 Å². The van der Waals surface area contributed by atoms with E-state index in [0.29, 0.717) is 6.54 Å². The molecule has 6 heteroatoms. The summed E-state index contributed by atoms with van der Waals surface area (Å²) in [7, 11) is 1.89. The molecular weight excluding hydrogens is 216 g/mol. The SMILES string of the molecule is C=CCCn1nnc(CN)c1-c1ccnn1C. The molecule has 0 aliphatic heterocycles. The van der Waals surface area contributed by atoms with Crippen molar-refractivity contribution < 1.29 is 0 Å². The first-order valence-corrected chi connectivity index (χ1v) is 5.49. The summed E-state index contributed by atoms with van der Waals surface area (Å²) in [5, 5.41) is 12.4. The molecule has 0 atom stereocenters. The highest BCUT2D eigenvalue weighted by molar-refractivity contribution is 5.57. The Morgan fingerprint density at radius 3 is 2.94 bits per heavy atom. The monoisotopic (exact) mass is 232 g/mol. The lowest BCUT2D eigenvalue weighted by atomic mass is 10.2. The zero-order chi connectivity index (χ0) is 12.3. The van der Waals surface area contributed by atoms with Crippen LogP contribution in [0.1, 0.15) is 12.1 Å². The van der Waals surface area contributed by atoms with Crippen molar-refractivity contribution >= 4 is 0 Å². The summed E-state index contributed by atoms with van der Waals surface area (Å²) in [6.45, 7) is 4.83. The summed E-state index contributed by atoms with van der Waals surface area (Å²) in [6, 6.07) is 1.93. The van der Waals surface area contributed by atoms with Gasteiger partial charge in [-0.1, -0.05) is 11.3 Å². The molecule has 0 aliphatic rings. The fourth-order valence-corrected chi connectivity index (χ4v) is 1.74. The van der Waals surface area contributed by atoms with E-state index in [1.807, 2.05) is 23.9 Å². The van der Waals surface area contributed by atoms with Gasteiger partial charge in [0.25, 0.3) is 0 Å². The molecule has 17 heavy (non-hydrogen) atoms. The summed E-state index contributed by atoms with van der Waals surface area (Å²) in [5.74, 6) is 0. The second-order valence-electron chi connectivity index (χ2n) is 3.73. The molecular formula is C11H16N6. The van der Waals surface area contributed by atoms with Crippen LogP contribution in [0.25, 0.3) is 11.4 Å². The third-order valence-corrected chi connectivity index (χ3v) is 2.61. The largest absolute Gasteiger partial charge is 0.325 e. The van der Waals surface area contributed by atoms with Crippen LogP contribution in [0.4, 0.5) is 0 Å². The van der Waals surface area contributed by atoms with Crippen molar-refractivity contribution in [1.29, 1.82) is 0 Å². The van der Waals surface area contributed by atoms with Gasteiger partial charge >= 0.3 is 0 Å². The van der Waals surface area contributed by atoms with Crippen LogP contribution in [0.15, 0.2) is 24.9 Å². The summed E-state index contributed by atoms with van der Waals surface area (Å²) >= 11 is 0. The minimum atomic E-state index is 0.370. The molecule has 0 saturated heterocycles. The minimum Gasteiger partial charge on any atom is -0.325 e. The molecule has 0 aliphatic carbocycles. The molecule has 0 aromatic carbocycles. The summed E-state index contributed by atoms with van der Waals surface area (Å²) in [4.78, 5) is 0. The summed E-state index contributed by atoms with van der Waals surface area (Å²) in [6.07, 6.45) is 4.45. The quantitative estimate of drug-likeness (QED) is 0.770. The van der Waals surface area contributed by atoms with E-state index < -0.39 is 0 Å². The molecule has 0 saturated carbocycles. The van der Waals surface area contributed by atoms with Crippen LogP contribution in [0.2, 0.25) is 0 Å². The van der Waals surface area contributed by atoms with E-state index in [9.17, 15) is 0 Å². The van der Waals surface area contributed by atoms with Gasteiger partial charge in [0.2, 0.25) is 0 Å². The van der Waals surface area contributed by atoms with Crippen molar-refractivity contribution in [3.63, 3.8) is 0 Å². The first kappa shape index (κ1) is 11.5. The number of nitrogens with zero attached hydrogens (tertiary/aromatic N) is 5. The maximum absolute atomic E-state index is 5.68. The molecule has 0 spiro atoms. The van der Waals surface area contributed by atoms with Gasteiger partial charge in [0.1, 0.15) is 11.4 Å². The van der Waals surface area contributed by atoms with E-state index in [1.165, 1.54) is 0 Å². The highest BCUT2D eigenvalue weighted by atomic mass is 15.4. The van der Waals surface area contributed by atoms with Crippen LogP contribution < -0.4 is 5.73 Å². The van der Waals surface area contributed by atoms with Crippen LogP contribution in [0.5, 0.6) is 0 Å². The second-order valence-corrected chi connectivity index (χ2v) is 3.73. The Kier molecular flexibility index (Phi) is 3.34. The summed E-state index contributed by atoms with van der Waals surface area (Å²) in [5.41, 5.74) is 8.38. The third kappa shape index (κ3) is 2.12. The molecule has 0 radical (unpaired) electrons. The molecule has 2 N–H and O–H groups in total. The van der Waals surface area contributed by atoms with Crippen molar-refractivity contribution in [2.75, 3.05) is 0 Å². The predicted molar refractivity (Wildman–Crippen MR) is 64.9 cm³/mol. The molecule has 2 heterocycles. The van der Waals surface area contributed by atoms with Gasteiger partial charge in [0.05, 0.1) is 5.69 Å². The van der Waals surface area contributed by atoms with Crippen molar-refractivity contribution in [3.05, 3.63) is 30.6 Å². The number of allylic oxidation sites excluding steroid dienone is 1. The first-order valence-electron chi connectivity index (χ1n) is 5.49. The van der Waals surface area contributed by atoms with Gasteiger partial charge in [-0.15, -0.1) is 11.7 Å². The molecule has 2 aromatic rings. The van der Waals surface area contributed by atoms with Crippen LogP contribution in [-0.2, 0) is 20.1 Å². The van der Waals surface area contributed by atoms with Gasteiger partial charge in [-0.05, 0) is 12.5 Å². The van der Waals surface area contributed by atoms with Gasteiger partial charge in [0.15, 0.2) is 0 Å². The number of hydrogen-bond acceptors (Lipinski definition) is 4. The lowest BCUT2D eigenvalue weighted by Crippen LogP contribution is -2.07. The third-order valence-electron chi connectivity index (χ3n) is 2.61. The molecule has 0 unspecified atom stereocenters. The molecule has 2 aromatic heterocycles. The minimum absolute atomic E-state index is 0.370. The average molecular weight is 232 g/mol. The second kappa shape index (κ2) is 4.92. The van der Waals surface area contributed by atoms with Crippen LogP contribution in [-0.4, -0.2) is 24.8 Å². The standard InChI is InChI=1S/C11H16N6/c1-3-4-7-17-11(9(8-12)14-15-17)10-5-6-13-16(10)2/h3,5-6H,1,4,7-8,12H2,2H3. The maximum atomic E-state index is 5.68. The molecule has 90 valence electrons. The van der Waals surface area contributed by atoms with Crippen LogP contribution in [0, 0.1) is 0 Å². The fraction of sp³-hybridized carbons (Fsp3) is 0.364. The van der Waals surface area contributed by atoms with E-state index in [0.717, 1.165) is 30.0 Å². The van der Waals surface area contributed by atoms with Crippen molar-refractivity contribution in [2.45, 2.75) is 19.5 Å². The fourth-order valence-electron chi connectivity index (χ4n) is 1.74. The Labute approximate surface area is 99.7 Å². The number of hydrogen-bond donors (Lipinski definition) is 1. The Bertz CT molecular complexity index is 510. The Balaban J connectivity index is 2.45. The molecule has 6 nitrogen and oxygen atoms in total. The lowest BCUT2D eigenvalue weighted by molar-refractivity contribution is 0.598. The van der Waals surface area contributed by atoms with Gasteiger partial charge in [-0.2, -0.15) is 5.10 Å². The van der Waals surface area contributed by atoms with E-state index in [1.54, 1.807) is 10.9 Å². The molecule has 0 bridgehead atoms. The van der Waals surface area contributed by atoms with Crippen molar-refractivity contribution in [2.24, 2.45) is 12.8 Å². The van der Waals surface area contributed by atoms with E-state index in [-0.39, 0.29) is 0 Å². The van der Waals surface area contributed by atoms with Crippen molar-refractivity contribution in [3.8, 4) is 11.4 Å². The maximum Gasteiger partial charge on any atom is 0.111 e. The first-order chi connectivity index (χ1) is 8.27. The normalized spacial score (nSPS) is 10.7. The Morgan fingerprint density at radius 2 is 2.35 bits per heavy atom. The molecule has 0 fully saturated rings. The molecule has 2 rings (SSSR count). The highest BCUT2D eigenvalue weighted by Crippen LogP contribution is 2.21. The van der Waals surface area contributed by atoms with Gasteiger partial charge in [-0.25, -0.2) is 4.68 Å². The van der Waals surface area contributed by atoms with Crippen molar-refractivity contribution in [1.82, 2.24) is 24.8 Å². The lowest BCUT2D eigenvalue weighted by Gasteiger charge is -2.06. The van der Waals surface area contributed by atoms with E-state index in [4.69, 9.17) is 5.73 Å². The highest BCUT2D eigenvalue weighted by Gasteiger charge is 2.15. The van der Waals surface area contributed by atoms with Gasteiger partial charge in [0, 0.05) is 26.3 Å². The zero-order valence-electron chi connectivity index (χ0n) is 9.87. The Hall–Kier alpha value is -1.95. The number of aromatic nitrogens is 5. The van der Waals surface area contributed by atoms with Gasteiger partial charge < -0.3 is 5.73 Å². The predicted octanol–water partition coefficient (Wildman–Crippen LogP) is 0.713. The van der Waals surface area contributed by atoms with E-state index >= 15 is 0 Å². The van der Waals surface area contributed by atoms with E-state index in [2.05, 4.69) is 22.0 Å². The average Bonchev–Trinajstić information content (AvgIpc) is 2.91. The zero-order valence-corrected chi connectivity index (χ0v) is 9.87. The van der Waals surface area contributed by atoms with Crippen LogP contribution in [0.3, 0.4) is 0 Å². The summed E-state index contributed by atoms with van der Waals surface area (Å²) < 4.78 is 3.64. The number of rotatable bonds is 5. The molecule has 0 amide bonds. The topological polar surface area (TPSA) is 74.6 Å². The smallest absolute Gasteiger partial charge is 0.111 e. The Morgan fingerprint density at radius 1 is 1.53 bits per heavy atom. The van der Waals surface area contributed by atoms with Crippen LogP contribution >= 0.6 is 0 Å².